The van der Waals surface area contributed by atoms with Gasteiger partial charge in [-0.2, -0.15) is 0 Å². The Morgan fingerprint density at radius 1 is 1.45 bits per heavy atom. The van der Waals surface area contributed by atoms with Gasteiger partial charge in [0.25, 0.3) is 0 Å². The molecular formula is C8H8F2O. The molecule has 11 heavy (non-hydrogen) atoms. The molecule has 0 aliphatic carbocycles. The van der Waals surface area contributed by atoms with E-state index in [1.807, 2.05) is 0 Å². The molecule has 1 rings (SSSR count). The minimum atomic E-state index is -1.27. The Bertz CT molecular complexity index is 258. The summed E-state index contributed by atoms with van der Waals surface area (Å²) >= 11 is 0. The van der Waals surface area contributed by atoms with Crippen LogP contribution in [0.4, 0.5) is 8.78 Å². The number of rotatable bonds is 1. The summed E-state index contributed by atoms with van der Waals surface area (Å²) in [4.78, 5) is 0. The van der Waals surface area contributed by atoms with Gasteiger partial charge < -0.3 is 5.11 Å². The summed E-state index contributed by atoms with van der Waals surface area (Å²) in [6.45, 7) is 1.28. The number of halogens is 2. The summed E-state index contributed by atoms with van der Waals surface area (Å²) in [6.07, 6.45) is -1.27. The summed E-state index contributed by atoms with van der Waals surface area (Å²) < 4.78 is 24.9. The van der Waals surface area contributed by atoms with Crippen molar-refractivity contribution in [1.82, 2.24) is 0 Å². The molecule has 0 aliphatic rings. The molecule has 0 fully saturated rings. The minimum Gasteiger partial charge on any atom is -0.507 e. The zero-order valence-corrected chi connectivity index (χ0v) is 6.01. The van der Waals surface area contributed by atoms with Crippen LogP contribution >= 0.6 is 0 Å². The molecule has 0 heterocycles. The Morgan fingerprint density at radius 2 is 2.09 bits per heavy atom. The third-order valence-electron chi connectivity index (χ3n) is 1.42. The molecule has 0 saturated heterocycles. The number of alkyl halides is 1. The topological polar surface area (TPSA) is 20.2 Å². The Kier molecular flexibility index (Phi) is 2.08. The van der Waals surface area contributed by atoms with Crippen LogP contribution in [0.3, 0.4) is 0 Å². The van der Waals surface area contributed by atoms with Gasteiger partial charge in [-0.3, -0.25) is 0 Å². The van der Waals surface area contributed by atoms with E-state index in [-0.39, 0.29) is 11.3 Å². The second-order valence-corrected chi connectivity index (χ2v) is 2.32. The fourth-order valence-corrected chi connectivity index (χ4v) is 0.853. The van der Waals surface area contributed by atoms with Crippen LogP contribution in [0.1, 0.15) is 18.7 Å². The zero-order valence-electron chi connectivity index (χ0n) is 6.01. The molecule has 0 bridgehead atoms. The van der Waals surface area contributed by atoms with Crippen LogP contribution in [-0.4, -0.2) is 5.11 Å². The lowest BCUT2D eigenvalue weighted by Crippen LogP contribution is -1.86. The van der Waals surface area contributed by atoms with Gasteiger partial charge in [-0.15, -0.1) is 0 Å². The second kappa shape index (κ2) is 2.86. The van der Waals surface area contributed by atoms with Gasteiger partial charge in [0.05, 0.1) is 0 Å². The van der Waals surface area contributed by atoms with E-state index in [0.717, 1.165) is 12.1 Å². The number of phenols is 1. The van der Waals surface area contributed by atoms with E-state index in [0.29, 0.717) is 0 Å². The average molecular weight is 158 g/mol. The van der Waals surface area contributed by atoms with Crippen LogP contribution in [0.5, 0.6) is 5.75 Å². The highest BCUT2D eigenvalue weighted by atomic mass is 19.1. The number of hydrogen-bond donors (Lipinski definition) is 1. The molecule has 1 atom stereocenters. The molecule has 0 radical (unpaired) electrons. The van der Waals surface area contributed by atoms with Crippen molar-refractivity contribution in [2.75, 3.05) is 0 Å². The molecule has 0 aromatic heterocycles. The number of phenolic OH excluding ortho intramolecular Hbond substituents is 1. The van der Waals surface area contributed by atoms with Crippen molar-refractivity contribution >= 4 is 0 Å². The zero-order chi connectivity index (χ0) is 8.43. The lowest BCUT2D eigenvalue weighted by molar-refractivity contribution is 0.355. The standard InChI is InChI=1S/C8H8F2O/c1-5(9)7-3-2-6(10)4-8(7)11/h2-5,11H,1H3. The van der Waals surface area contributed by atoms with Crippen molar-refractivity contribution in [1.29, 1.82) is 0 Å². The van der Waals surface area contributed by atoms with Gasteiger partial charge >= 0.3 is 0 Å². The predicted octanol–water partition coefficient (Wildman–Crippen LogP) is 2.56. The van der Waals surface area contributed by atoms with E-state index in [9.17, 15) is 8.78 Å². The molecule has 3 heteroatoms. The first-order chi connectivity index (χ1) is 5.11. The maximum Gasteiger partial charge on any atom is 0.126 e. The highest BCUT2D eigenvalue weighted by Gasteiger charge is 2.08. The van der Waals surface area contributed by atoms with E-state index in [1.54, 1.807) is 0 Å². The highest BCUT2D eigenvalue weighted by Crippen LogP contribution is 2.26. The Morgan fingerprint density at radius 3 is 2.55 bits per heavy atom. The Hall–Kier alpha value is -1.12. The predicted molar refractivity (Wildman–Crippen MR) is 37.6 cm³/mol. The monoisotopic (exact) mass is 158 g/mol. The van der Waals surface area contributed by atoms with Gasteiger partial charge in [-0.1, -0.05) is 0 Å². The van der Waals surface area contributed by atoms with Crippen molar-refractivity contribution in [2.45, 2.75) is 13.1 Å². The molecule has 1 unspecified atom stereocenters. The van der Waals surface area contributed by atoms with E-state index in [2.05, 4.69) is 0 Å². The molecule has 0 saturated carbocycles. The van der Waals surface area contributed by atoms with Crippen molar-refractivity contribution in [3.8, 4) is 5.75 Å². The molecule has 1 N–H and O–H groups in total. The third kappa shape index (κ3) is 1.67. The smallest absolute Gasteiger partial charge is 0.126 e. The maximum atomic E-state index is 12.5. The lowest BCUT2D eigenvalue weighted by Gasteiger charge is -2.03. The van der Waals surface area contributed by atoms with Crippen LogP contribution in [-0.2, 0) is 0 Å². The van der Waals surface area contributed by atoms with Crippen molar-refractivity contribution in [2.24, 2.45) is 0 Å². The van der Waals surface area contributed by atoms with Gasteiger partial charge in [-0.05, 0) is 19.1 Å². The molecule has 0 amide bonds. The summed E-state index contributed by atoms with van der Waals surface area (Å²) in [7, 11) is 0. The molecule has 1 aromatic rings. The quantitative estimate of drug-likeness (QED) is 0.665. The summed E-state index contributed by atoms with van der Waals surface area (Å²) in [5.41, 5.74) is 0.117. The summed E-state index contributed by atoms with van der Waals surface area (Å²) in [6, 6.07) is 3.24. The van der Waals surface area contributed by atoms with E-state index in [1.165, 1.54) is 13.0 Å². The van der Waals surface area contributed by atoms with Gasteiger partial charge in [0.1, 0.15) is 17.7 Å². The highest BCUT2D eigenvalue weighted by molar-refractivity contribution is 5.33. The van der Waals surface area contributed by atoms with E-state index >= 15 is 0 Å². The van der Waals surface area contributed by atoms with Crippen LogP contribution in [0.25, 0.3) is 0 Å². The van der Waals surface area contributed by atoms with Gasteiger partial charge in [0.15, 0.2) is 0 Å². The van der Waals surface area contributed by atoms with E-state index in [4.69, 9.17) is 5.11 Å². The fraction of sp³-hybridized carbons (Fsp3) is 0.250. The van der Waals surface area contributed by atoms with Crippen LogP contribution in [0.2, 0.25) is 0 Å². The van der Waals surface area contributed by atoms with Crippen molar-refractivity contribution in [3.05, 3.63) is 29.6 Å². The maximum absolute atomic E-state index is 12.5. The normalized spacial score (nSPS) is 13.0. The summed E-state index contributed by atoms with van der Waals surface area (Å²) in [5, 5.41) is 8.98. The minimum absolute atomic E-state index is 0.117. The number of hydrogen-bond acceptors (Lipinski definition) is 1. The lowest BCUT2D eigenvalue weighted by atomic mass is 10.1. The first kappa shape index (κ1) is 7.98. The molecular weight excluding hydrogens is 150 g/mol. The third-order valence-corrected chi connectivity index (χ3v) is 1.42. The molecule has 0 aliphatic heterocycles. The Labute approximate surface area is 63.3 Å². The van der Waals surface area contributed by atoms with Gasteiger partial charge in [-0.25, -0.2) is 8.78 Å². The first-order valence-corrected chi connectivity index (χ1v) is 3.23. The molecule has 1 nitrogen and oxygen atoms in total. The SMILES string of the molecule is CC(F)c1ccc(F)cc1O. The van der Waals surface area contributed by atoms with Gasteiger partial charge in [0, 0.05) is 11.6 Å². The van der Waals surface area contributed by atoms with Crippen molar-refractivity contribution < 1.29 is 13.9 Å². The average Bonchev–Trinajstić information content (AvgIpc) is 1.85. The number of aromatic hydroxyl groups is 1. The van der Waals surface area contributed by atoms with Crippen LogP contribution < -0.4 is 0 Å². The first-order valence-electron chi connectivity index (χ1n) is 3.23. The molecule has 1 aromatic carbocycles. The van der Waals surface area contributed by atoms with Crippen molar-refractivity contribution in [3.63, 3.8) is 0 Å². The number of benzene rings is 1. The van der Waals surface area contributed by atoms with Crippen LogP contribution in [0, 0.1) is 5.82 Å². The van der Waals surface area contributed by atoms with Gasteiger partial charge in [0.2, 0.25) is 0 Å². The van der Waals surface area contributed by atoms with E-state index < -0.39 is 12.0 Å². The second-order valence-electron chi connectivity index (χ2n) is 2.32. The Balaban J connectivity index is 3.09. The molecule has 0 spiro atoms. The molecule has 60 valence electrons. The summed E-state index contributed by atoms with van der Waals surface area (Å²) in [5.74, 6) is -0.896. The fourth-order valence-electron chi connectivity index (χ4n) is 0.853. The van der Waals surface area contributed by atoms with Crippen LogP contribution in [0.15, 0.2) is 18.2 Å². The largest absolute Gasteiger partial charge is 0.507 e.